The van der Waals surface area contributed by atoms with Crippen molar-refractivity contribution in [3.8, 4) is 0 Å². The number of carboxylic acid groups (broad SMARTS) is 1. The summed E-state index contributed by atoms with van der Waals surface area (Å²) in [5, 5.41) is 10.6. The van der Waals surface area contributed by atoms with Crippen LogP contribution >= 0.6 is 11.8 Å². The molecule has 11 heteroatoms. The fraction of sp³-hybridized carbons (Fsp3) is 0.444. The molecule has 2 heterocycles. The van der Waals surface area contributed by atoms with E-state index in [0.717, 1.165) is 41.8 Å². The van der Waals surface area contributed by atoms with Crippen LogP contribution in [0.4, 0.5) is 13.2 Å². The smallest absolute Gasteiger partial charge is 0.417 e. The molecule has 0 radical (unpaired) electrons. The molecular formula is C18H17F3N2O5S. The minimum Gasteiger partial charge on any atom is -0.480 e. The molecule has 2 amide bonds. The average molecular weight is 430 g/mol. The number of aliphatic carboxylic acids is 1. The van der Waals surface area contributed by atoms with Gasteiger partial charge >= 0.3 is 12.1 Å². The van der Waals surface area contributed by atoms with Gasteiger partial charge in [0.05, 0.1) is 11.1 Å². The number of benzene rings is 1. The van der Waals surface area contributed by atoms with E-state index in [-0.39, 0.29) is 0 Å². The van der Waals surface area contributed by atoms with Gasteiger partial charge < -0.3 is 15.3 Å². The van der Waals surface area contributed by atoms with Crippen molar-refractivity contribution in [3.05, 3.63) is 35.4 Å². The number of thioether (sulfide) groups is 1. The van der Waals surface area contributed by atoms with Crippen LogP contribution < -0.4 is 5.32 Å². The number of amides is 2. The fourth-order valence-corrected chi connectivity index (χ4v) is 5.51. The number of carboxylic acids is 1. The van der Waals surface area contributed by atoms with E-state index in [9.17, 15) is 37.5 Å². The third-order valence-electron chi connectivity index (χ3n) is 5.12. The second-order valence-corrected chi connectivity index (χ2v) is 9.12. The van der Waals surface area contributed by atoms with Crippen LogP contribution in [0.1, 0.15) is 36.7 Å². The van der Waals surface area contributed by atoms with Gasteiger partial charge in [0.1, 0.15) is 11.4 Å². The van der Waals surface area contributed by atoms with Crippen LogP contribution in [-0.2, 0) is 20.6 Å². The first-order valence-corrected chi connectivity index (χ1v) is 9.36. The lowest BCUT2D eigenvalue weighted by molar-refractivity contribution is -0.170. The second-order valence-electron chi connectivity index (χ2n) is 7.39. The van der Waals surface area contributed by atoms with Gasteiger partial charge in [-0.2, -0.15) is 13.2 Å². The summed E-state index contributed by atoms with van der Waals surface area (Å²) in [7, 11) is 0. The van der Waals surface area contributed by atoms with Gasteiger partial charge in [-0.15, -0.1) is 11.8 Å². The predicted octanol–water partition coefficient (Wildman–Crippen LogP) is 1.91. The summed E-state index contributed by atoms with van der Waals surface area (Å²) in [4.78, 5) is 50.5. The number of hydrogen-bond donors (Lipinski definition) is 2. The van der Waals surface area contributed by atoms with Gasteiger partial charge in [-0.1, -0.05) is 12.1 Å². The van der Waals surface area contributed by atoms with Gasteiger partial charge in [-0.05, 0) is 32.9 Å². The highest BCUT2D eigenvalue weighted by Crippen LogP contribution is 2.55. The number of fused-ring (bicyclic) bond motifs is 1. The van der Waals surface area contributed by atoms with Crippen molar-refractivity contribution in [3.63, 3.8) is 0 Å². The summed E-state index contributed by atoms with van der Waals surface area (Å²) in [6.07, 6.45) is -4.81. The molecule has 156 valence electrons. The number of rotatable bonds is 4. The average Bonchev–Trinajstić information content (AvgIpc) is 2.87. The van der Waals surface area contributed by atoms with Crippen molar-refractivity contribution in [2.75, 3.05) is 0 Å². The van der Waals surface area contributed by atoms with E-state index >= 15 is 0 Å². The number of nitrogens with zero attached hydrogens (tertiary/aromatic N) is 1. The molecule has 1 aromatic carbocycles. The zero-order valence-electron chi connectivity index (χ0n) is 15.5. The Hall–Kier alpha value is -2.56. The van der Waals surface area contributed by atoms with Crippen molar-refractivity contribution in [1.82, 2.24) is 10.2 Å². The van der Waals surface area contributed by atoms with Crippen LogP contribution in [0.2, 0.25) is 0 Å². The third-order valence-corrected chi connectivity index (χ3v) is 6.76. The first kappa shape index (κ1) is 21.2. The van der Waals surface area contributed by atoms with Crippen molar-refractivity contribution in [2.24, 2.45) is 0 Å². The first-order chi connectivity index (χ1) is 13.2. The van der Waals surface area contributed by atoms with E-state index < -0.39 is 62.6 Å². The van der Waals surface area contributed by atoms with Crippen LogP contribution in [-0.4, -0.2) is 55.3 Å². The van der Waals surface area contributed by atoms with Gasteiger partial charge in [0.2, 0.25) is 5.54 Å². The molecule has 1 unspecified atom stereocenters. The zero-order valence-corrected chi connectivity index (χ0v) is 16.4. The van der Waals surface area contributed by atoms with Crippen molar-refractivity contribution in [1.29, 1.82) is 0 Å². The molecule has 3 rings (SSSR count). The van der Waals surface area contributed by atoms with Crippen LogP contribution in [0, 0.1) is 0 Å². The van der Waals surface area contributed by atoms with Crippen molar-refractivity contribution in [2.45, 2.75) is 48.6 Å². The Morgan fingerprint density at radius 2 is 1.79 bits per heavy atom. The molecule has 7 nitrogen and oxygen atoms in total. The largest absolute Gasteiger partial charge is 0.480 e. The molecule has 2 aliphatic rings. The van der Waals surface area contributed by atoms with Gasteiger partial charge in [-0.25, -0.2) is 4.79 Å². The number of carbonyl (C=O) groups excluding carboxylic acids is 3. The molecule has 1 aromatic rings. The van der Waals surface area contributed by atoms with Crippen LogP contribution in [0.15, 0.2) is 24.3 Å². The van der Waals surface area contributed by atoms with Crippen LogP contribution in [0.25, 0.3) is 0 Å². The Kier molecular flexibility index (Phi) is 4.72. The van der Waals surface area contributed by atoms with E-state index in [1.54, 1.807) is 13.8 Å². The Bertz CT molecular complexity index is 932. The Balaban J connectivity index is 2.00. The molecule has 2 fully saturated rings. The highest BCUT2D eigenvalue weighted by Gasteiger charge is 2.74. The van der Waals surface area contributed by atoms with Crippen molar-refractivity contribution >= 4 is 35.3 Å². The Morgan fingerprint density at radius 1 is 1.21 bits per heavy atom. The number of β-lactam (4-membered cyclic amide) rings is 1. The van der Waals surface area contributed by atoms with E-state index in [1.807, 2.05) is 0 Å². The topological polar surface area (TPSA) is 104 Å². The minimum atomic E-state index is -4.81. The molecule has 3 atom stereocenters. The number of hydrogen-bond acceptors (Lipinski definition) is 5. The lowest BCUT2D eigenvalue weighted by Crippen LogP contribution is -2.82. The van der Waals surface area contributed by atoms with Gasteiger partial charge in [0, 0.05) is 4.75 Å². The summed E-state index contributed by atoms with van der Waals surface area (Å²) in [5.74, 6) is -4.24. The van der Waals surface area contributed by atoms with Crippen LogP contribution in [0.5, 0.6) is 0 Å². The predicted molar refractivity (Wildman–Crippen MR) is 96.1 cm³/mol. The van der Waals surface area contributed by atoms with Crippen molar-refractivity contribution < 1.29 is 37.5 Å². The molecule has 29 heavy (non-hydrogen) atoms. The van der Waals surface area contributed by atoms with Gasteiger partial charge in [0.15, 0.2) is 5.78 Å². The molecule has 2 aliphatic heterocycles. The second kappa shape index (κ2) is 6.48. The molecule has 2 N–H and O–H groups in total. The van der Waals surface area contributed by atoms with E-state index in [0.29, 0.717) is 0 Å². The molecular weight excluding hydrogens is 413 g/mol. The quantitative estimate of drug-likeness (QED) is 0.559. The highest BCUT2D eigenvalue weighted by molar-refractivity contribution is 8.01. The Labute approximate surface area is 167 Å². The number of ketones is 1. The van der Waals surface area contributed by atoms with Gasteiger partial charge in [0.25, 0.3) is 11.8 Å². The molecule has 0 spiro atoms. The fourth-order valence-electron chi connectivity index (χ4n) is 3.76. The lowest BCUT2D eigenvalue weighted by Gasteiger charge is -2.51. The summed E-state index contributed by atoms with van der Waals surface area (Å²) < 4.78 is 38.7. The number of carbonyl (C=O) groups is 4. The number of halogens is 3. The maximum absolute atomic E-state index is 13.2. The summed E-state index contributed by atoms with van der Waals surface area (Å²) in [5.41, 5.74) is -4.06. The van der Waals surface area contributed by atoms with Gasteiger partial charge in [-0.3, -0.25) is 14.4 Å². The zero-order chi connectivity index (χ0) is 21.9. The molecule has 0 bridgehead atoms. The SMILES string of the molecule is CC(=O)C1(NC(=O)c2ccccc2C(F)(F)F)C(=O)N2[C@@H](C(=O)O)C(C)(C)S[C@@H]21. The molecule has 0 aliphatic carbocycles. The third kappa shape index (κ3) is 2.98. The highest BCUT2D eigenvalue weighted by atomic mass is 32.2. The normalized spacial score (nSPS) is 27.8. The number of alkyl halides is 3. The standard InChI is InChI=1S/C18H17F3N2O5S/c1-8(24)17(14(28)23-11(13(26)27)16(2,3)29-15(17)23)22-12(25)9-6-4-5-7-10(9)18(19,20)21/h4-7,11,15H,1-3H3,(H,22,25)(H,26,27)/t11-,15+,17?/m0/s1. The minimum absolute atomic E-state index is 0.720. The molecule has 0 saturated carbocycles. The van der Waals surface area contributed by atoms with Crippen LogP contribution in [0.3, 0.4) is 0 Å². The molecule has 2 saturated heterocycles. The summed E-state index contributed by atoms with van der Waals surface area (Å²) >= 11 is 1.01. The van der Waals surface area contributed by atoms with E-state index in [1.165, 1.54) is 6.07 Å². The van der Waals surface area contributed by atoms with E-state index in [4.69, 9.17) is 0 Å². The number of nitrogens with one attached hydrogen (secondary N) is 1. The van der Waals surface area contributed by atoms with E-state index in [2.05, 4.69) is 5.32 Å². The Morgan fingerprint density at radius 3 is 2.31 bits per heavy atom. The monoisotopic (exact) mass is 430 g/mol. The summed E-state index contributed by atoms with van der Waals surface area (Å²) in [6, 6.07) is 2.77. The maximum atomic E-state index is 13.2. The maximum Gasteiger partial charge on any atom is 0.417 e. The molecule has 0 aromatic heterocycles. The first-order valence-electron chi connectivity index (χ1n) is 8.48. The summed E-state index contributed by atoms with van der Waals surface area (Å²) in [6.45, 7) is 4.19. The number of Topliss-reactive ketones (excluding diaryl/α,β-unsaturated/α-hetero) is 1. The lowest BCUT2D eigenvalue weighted by atomic mass is 9.81.